The molecule has 0 N–H and O–H groups in total. The van der Waals surface area contributed by atoms with Crippen LogP contribution in [0.4, 0.5) is 0 Å². The van der Waals surface area contributed by atoms with E-state index in [0.717, 1.165) is 5.92 Å². The van der Waals surface area contributed by atoms with Crippen molar-refractivity contribution in [3.8, 4) is 11.1 Å². The number of likely N-dealkylation sites (tertiary alicyclic amines) is 1. The Labute approximate surface area is 125 Å². The molecular formula is C19H31N. The maximum atomic E-state index is 2.59. The second-order valence-electron chi connectivity index (χ2n) is 7.77. The van der Waals surface area contributed by atoms with Crippen molar-refractivity contribution in [2.45, 2.75) is 59.3 Å². The summed E-state index contributed by atoms with van der Waals surface area (Å²) in [5, 5.41) is 0. The van der Waals surface area contributed by atoms with Gasteiger partial charge in [0.2, 0.25) is 0 Å². The fraction of sp³-hybridized carbons (Fsp3) is 0.684. The number of benzene rings is 1. The number of rotatable bonds is 2. The molecule has 0 bridgehead atoms. The second-order valence-corrected chi connectivity index (χ2v) is 7.77. The normalized spacial score (nSPS) is 17.7. The summed E-state index contributed by atoms with van der Waals surface area (Å²) < 4.78 is 0. The van der Waals surface area contributed by atoms with E-state index in [0.29, 0.717) is 5.41 Å². The summed E-state index contributed by atoms with van der Waals surface area (Å²) in [5.74, 6) is 0.845. The van der Waals surface area contributed by atoms with Gasteiger partial charge in [0.1, 0.15) is 0 Å². The highest BCUT2D eigenvalue weighted by atomic mass is 15.1. The molecule has 0 aromatic carbocycles. The molecule has 1 saturated heterocycles. The Kier molecular flexibility index (Phi) is 4.90. The molecule has 0 unspecified atom stereocenters. The van der Waals surface area contributed by atoms with Crippen LogP contribution < -0.4 is 0 Å². The third-order valence-electron chi connectivity index (χ3n) is 4.21. The molecule has 1 nitrogen and oxygen atoms in total. The number of piperidine rings is 1. The van der Waals surface area contributed by atoms with Crippen molar-refractivity contribution < 1.29 is 0 Å². The summed E-state index contributed by atoms with van der Waals surface area (Å²) in [6, 6.07) is 6.66. The van der Waals surface area contributed by atoms with Crippen molar-refractivity contribution in [2.24, 2.45) is 5.92 Å². The molecule has 1 heterocycles. The molecule has 20 heavy (non-hydrogen) atoms. The van der Waals surface area contributed by atoms with E-state index >= 15 is 0 Å². The Morgan fingerprint density at radius 3 is 2.00 bits per heavy atom. The van der Waals surface area contributed by atoms with Crippen molar-refractivity contribution in [2.75, 3.05) is 19.6 Å². The molecule has 0 amide bonds. The molecular weight excluding hydrogens is 242 g/mol. The van der Waals surface area contributed by atoms with Crippen molar-refractivity contribution in [1.29, 1.82) is 0 Å². The summed E-state index contributed by atoms with van der Waals surface area (Å²) >= 11 is 0. The molecule has 1 aliphatic heterocycles. The van der Waals surface area contributed by atoms with Gasteiger partial charge in [-0.2, -0.15) is 0 Å². The molecule has 1 fully saturated rings. The quantitative estimate of drug-likeness (QED) is 0.736. The Balaban J connectivity index is 0.000000147. The highest BCUT2D eigenvalue weighted by molar-refractivity contribution is 5.82. The van der Waals surface area contributed by atoms with Crippen molar-refractivity contribution >= 4 is 0 Å². The van der Waals surface area contributed by atoms with Crippen LogP contribution in [-0.4, -0.2) is 24.5 Å². The second kappa shape index (κ2) is 6.30. The highest BCUT2D eigenvalue weighted by Crippen LogP contribution is 2.42. The van der Waals surface area contributed by atoms with Gasteiger partial charge in [-0.15, -0.1) is 0 Å². The van der Waals surface area contributed by atoms with Crippen LogP contribution in [0.5, 0.6) is 0 Å². The van der Waals surface area contributed by atoms with Crippen LogP contribution in [0.25, 0.3) is 11.1 Å². The summed E-state index contributed by atoms with van der Waals surface area (Å²) in [7, 11) is 0. The van der Waals surface area contributed by atoms with Gasteiger partial charge in [-0.3, -0.25) is 0 Å². The average molecular weight is 273 g/mol. The van der Waals surface area contributed by atoms with Gasteiger partial charge in [-0.25, -0.2) is 0 Å². The van der Waals surface area contributed by atoms with Gasteiger partial charge >= 0.3 is 0 Å². The molecule has 0 aromatic rings. The Bertz CT molecular complexity index is 434. The SMILES string of the molecule is CC(C)(C)c1cc2ccc1-2.CC(C)CN1CCCCC1. The van der Waals surface area contributed by atoms with Gasteiger partial charge in [0.15, 0.2) is 0 Å². The predicted molar refractivity (Wildman–Crippen MR) is 89.3 cm³/mol. The van der Waals surface area contributed by atoms with E-state index in [2.05, 4.69) is 57.7 Å². The van der Waals surface area contributed by atoms with Gasteiger partial charge < -0.3 is 4.90 Å². The van der Waals surface area contributed by atoms with E-state index < -0.39 is 0 Å². The molecule has 3 rings (SSSR count). The highest BCUT2D eigenvalue weighted by Gasteiger charge is 2.25. The van der Waals surface area contributed by atoms with E-state index in [1.165, 1.54) is 55.6 Å². The topological polar surface area (TPSA) is 3.24 Å². The zero-order valence-electron chi connectivity index (χ0n) is 14.0. The summed E-state index contributed by atoms with van der Waals surface area (Å²) in [6.45, 7) is 15.4. The van der Waals surface area contributed by atoms with Crippen LogP contribution in [0.15, 0.2) is 18.2 Å². The smallest absolute Gasteiger partial charge is 0.000438 e. The Hall–Kier alpha value is -0.820. The minimum absolute atomic E-state index is 0.351. The van der Waals surface area contributed by atoms with Gasteiger partial charge in [-0.05, 0) is 60.0 Å². The maximum absolute atomic E-state index is 2.59. The average Bonchev–Trinajstić information content (AvgIpc) is 2.33. The minimum atomic E-state index is 0.351. The summed E-state index contributed by atoms with van der Waals surface area (Å²) in [4.78, 5) is 2.59. The molecule has 0 aromatic heterocycles. The summed E-state index contributed by atoms with van der Waals surface area (Å²) in [5.41, 5.74) is 4.81. The van der Waals surface area contributed by atoms with E-state index in [9.17, 15) is 0 Å². The van der Waals surface area contributed by atoms with E-state index in [1.807, 2.05) is 0 Å². The number of fused-ring (bicyclic) bond motifs is 1. The summed E-state index contributed by atoms with van der Waals surface area (Å²) in [6.07, 6.45) is 4.30. The molecule has 0 radical (unpaired) electrons. The van der Waals surface area contributed by atoms with E-state index in [4.69, 9.17) is 0 Å². The number of hydrogen-bond donors (Lipinski definition) is 0. The van der Waals surface area contributed by atoms with Crippen LogP contribution in [-0.2, 0) is 5.41 Å². The van der Waals surface area contributed by atoms with Crippen molar-refractivity contribution in [1.82, 2.24) is 4.90 Å². The Morgan fingerprint density at radius 1 is 1.05 bits per heavy atom. The van der Waals surface area contributed by atoms with Crippen molar-refractivity contribution in [3.05, 3.63) is 23.8 Å². The standard InChI is InChI=1S/C10H12.C9H19N/c1-10(2,3)9-6-7-4-5-8(7)9;1-9(2)8-10-6-4-3-5-7-10/h4-6H,1-3H3;9H,3-8H2,1-2H3. The molecule has 1 heteroatoms. The number of nitrogens with zero attached hydrogens (tertiary/aromatic N) is 1. The fourth-order valence-electron chi connectivity index (χ4n) is 3.07. The van der Waals surface area contributed by atoms with E-state index in [-0.39, 0.29) is 0 Å². The first-order chi connectivity index (χ1) is 9.38. The number of hydrogen-bond acceptors (Lipinski definition) is 1. The van der Waals surface area contributed by atoms with Crippen molar-refractivity contribution in [3.63, 3.8) is 0 Å². The first-order valence-corrected chi connectivity index (χ1v) is 8.25. The largest absolute Gasteiger partial charge is 0.303 e. The minimum Gasteiger partial charge on any atom is -0.303 e. The van der Waals surface area contributed by atoms with Gasteiger partial charge in [0, 0.05) is 6.54 Å². The maximum Gasteiger partial charge on any atom is 0.000438 e. The lowest BCUT2D eigenvalue weighted by Gasteiger charge is -2.30. The third-order valence-corrected chi connectivity index (χ3v) is 4.21. The molecule has 3 aliphatic rings. The predicted octanol–water partition coefficient (Wildman–Crippen LogP) is 5.09. The fourth-order valence-corrected chi connectivity index (χ4v) is 3.07. The van der Waals surface area contributed by atoms with Crippen LogP contribution in [0, 0.1) is 5.92 Å². The van der Waals surface area contributed by atoms with Gasteiger partial charge in [-0.1, -0.05) is 53.2 Å². The van der Waals surface area contributed by atoms with Crippen LogP contribution in [0.2, 0.25) is 0 Å². The molecule has 0 atom stereocenters. The van der Waals surface area contributed by atoms with Crippen LogP contribution >= 0.6 is 0 Å². The van der Waals surface area contributed by atoms with Crippen LogP contribution in [0.3, 0.4) is 0 Å². The third kappa shape index (κ3) is 3.85. The zero-order valence-corrected chi connectivity index (χ0v) is 14.0. The molecule has 0 spiro atoms. The lowest BCUT2D eigenvalue weighted by atomic mass is 9.74. The lowest BCUT2D eigenvalue weighted by molar-refractivity contribution is 0.206. The molecule has 0 saturated carbocycles. The van der Waals surface area contributed by atoms with Gasteiger partial charge in [0.25, 0.3) is 0 Å². The molecule has 2 aliphatic carbocycles. The molecule has 112 valence electrons. The monoisotopic (exact) mass is 273 g/mol. The lowest BCUT2D eigenvalue weighted by Crippen LogP contribution is -2.32. The van der Waals surface area contributed by atoms with E-state index in [1.54, 1.807) is 0 Å². The van der Waals surface area contributed by atoms with Gasteiger partial charge in [0.05, 0.1) is 0 Å². The zero-order chi connectivity index (χ0) is 14.8. The Morgan fingerprint density at radius 2 is 1.70 bits per heavy atom. The first kappa shape index (κ1) is 15.6. The first-order valence-electron chi connectivity index (χ1n) is 8.25. The van der Waals surface area contributed by atoms with Crippen LogP contribution in [0.1, 0.15) is 59.4 Å².